The summed E-state index contributed by atoms with van der Waals surface area (Å²) >= 11 is 0. The molecule has 0 saturated carbocycles. The van der Waals surface area contributed by atoms with Crippen molar-refractivity contribution in [3.05, 3.63) is 52.8 Å². The van der Waals surface area contributed by atoms with Gasteiger partial charge < -0.3 is 20.9 Å². The molecule has 0 bridgehead atoms. The highest BCUT2D eigenvalue weighted by atomic mass is 16.5. The van der Waals surface area contributed by atoms with Crippen LogP contribution < -0.4 is 11.1 Å². The Balaban J connectivity index is 2.51. The molecule has 0 spiro atoms. The fourth-order valence-corrected chi connectivity index (χ4v) is 1.84. The average Bonchev–Trinajstić information content (AvgIpc) is 2.53. The Morgan fingerprint density at radius 1 is 1.41 bits per heavy atom. The van der Waals surface area contributed by atoms with Crippen LogP contribution in [-0.2, 0) is 11.3 Å². The van der Waals surface area contributed by atoms with Gasteiger partial charge in [-0.15, -0.1) is 0 Å². The van der Waals surface area contributed by atoms with E-state index in [1.165, 1.54) is 0 Å². The lowest BCUT2D eigenvalue weighted by molar-refractivity contribution is 0.133. The molecule has 1 aromatic rings. The van der Waals surface area contributed by atoms with Gasteiger partial charge in [-0.3, -0.25) is 0 Å². The van der Waals surface area contributed by atoms with E-state index in [4.69, 9.17) is 15.9 Å². The Hall–Kier alpha value is -2.59. The third-order valence-electron chi connectivity index (χ3n) is 3.00. The zero-order chi connectivity index (χ0) is 16.2. The number of carbonyl (C=O) groups excluding carboxylic acids is 1. The number of nitrogens with two attached hydrogens (primary N) is 1. The first kappa shape index (κ1) is 17.5. The Morgan fingerprint density at radius 3 is 2.77 bits per heavy atom. The van der Waals surface area contributed by atoms with Crippen molar-refractivity contribution in [2.75, 3.05) is 6.54 Å². The van der Waals surface area contributed by atoms with Crippen LogP contribution in [0.4, 0.5) is 4.79 Å². The molecule has 1 aromatic carbocycles. The molecule has 0 radical (unpaired) electrons. The van der Waals surface area contributed by atoms with Crippen molar-refractivity contribution in [2.45, 2.75) is 31.9 Å². The lowest BCUT2D eigenvalue weighted by atomic mass is 10.1. The Morgan fingerprint density at radius 2 is 2.14 bits per heavy atom. The minimum absolute atomic E-state index is 0.136. The number of aliphatic hydroxyl groups excluding tert-OH is 1. The van der Waals surface area contributed by atoms with Crippen molar-refractivity contribution >= 4 is 6.09 Å². The topological polar surface area (TPSA) is 113 Å². The van der Waals surface area contributed by atoms with Crippen LogP contribution >= 0.6 is 0 Å². The number of hydrogen-bond acceptors (Lipinski definition) is 5. The predicted octanol–water partition coefficient (Wildman–Crippen LogP) is 2.66. The number of nitrogens with one attached hydrogen (secondary N) is 1. The second-order valence-electron chi connectivity index (χ2n) is 4.71. The van der Waals surface area contributed by atoms with Crippen LogP contribution in [0.2, 0.25) is 0 Å². The molecule has 0 saturated heterocycles. The van der Waals surface area contributed by atoms with Crippen LogP contribution in [0, 0.1) is 5.39 Å². The summed E-state index contributed by atoms with van der Waals surface area (Å²) < 4.78 is 5.09. The van der Waals surface area contributed by atoms with Gasteiger partial charge in [-0.25, -0.2) is 4.79 Å². The molecule has 0 aliphatic heterocycles. The van der Waals surface area contributed by atoms with E-state index in [0.717, 1.165) is 18.2 Å². The van der Waals surface area contributed by atoms with Crippen molar-refractivity contribution < 1.29 is 14.6 Å². The van der Waals surface area contributed by atoms with Crippen molar-refractivity contribution in [3.8, 4) is 0 Å². The van der Waals surface area contributed by atoms with E-state index < -0.39 is 12.1 Å². The van der Waals surface area contributed by atoms with E-state index in [0.29, 0.717) is 19.4 Å². The average molecular weight is 305 g/mol. The summed E-state index contributed by atoms with van der Waals surface area (Å²) in [5, 5.41) is 20.8. The van der Waals surface area contributed by atoms with Gasteiger partial charge in [-0.1, -0.05) is 30.3 Å². The van der Waals surface area contributed by atoms with Crippen LogP contribution in [-0.4, -0.2) is 23.8 Å². The van der Waals surface area contributed by atoms with Crippen LogP contribution in [0.25, 0.3) is 4.98 Å². The van der Waals surface area contributed by atoms with Gasteiger partial charge in [0.2, 0.25) is 11.2 Å². The molecule has 4 N–H and O–H groups in total. The summed E-state index contributed by atoms with van der Waals surface area (Å²) in [6, 6.07) is 8.58. The van der Waals surface area contributed by atoms with Crippen molar-refractivity contribution in [2.24, 2.45) is 5.73 Å². The maximum absolute atomic E-state index is 11.8. The first-order valence-corrected chi connectivity index (χ1v) is 7.08. The molecule has 7 nitrogen and oxygen atoms in total. The minimum Gasteiger partial charge on any atom is -0.504 e. The molecule has 0 aliphatic rings. The number of amides is 1. The fourth-order valence-electron chi connectivity index (χ4n) is 1.84. The van der Waals surface area contributed by atoms with E-state index in [2.05, 4.69) is 10.3 Å². The van der Waals surface area contributed by atoms with E-state index in [9.17, 15) is 9.90 Å². The van der Waals surface area contributed by atoms with Gasteiger partial charge in [0, 0.05) is 0 Å². The number of unbranched alkanes of at least 4 members (excludes halogenated alkanes) is 1. The van der Waals surface area contributed by atoms with Crippen LogP contribution in [0.15, 0.2) is 42.3 Å². The minimum atomic E-state index is -0.675. The smallest absolute Gasteiger partial charge is 0.408 e. The number of hydrogen-bond donors (Lipinski definition) is 3. The molecule has 0 unspecified atom stereocenters. The standard InChI is InChI=1S/C15H20N4O3/c16-9-5-4-8-13(14(20)10-18-17)19-15(21)22-11-12-6-2-1-3-7-12/h1-3,6-7,10,13H,4-5,8-9,11,16H2,(H-,19,20,21)/p+1/b14-10-/t13-/m0/s1. The Labute approximate surface area is 129 Å². The van der Waals surface area contributed by atoms with E-state index >= 15 is 0 Å². The number of ether oxygens (including phenoxy) is 1. The van der Waals surface area contributed by atoms with Crippen molar-refractivity contribution in [1.82, 2.24) is 5.32 Å². The number of alkyl carbamates (subject to hydrolysis) is 1. The number of aliphatic hydroxyl groups is 1. The number of carbonyl (C=O) groups is 1. The first-order valence-electron chi connectivity index (χ1n) is 7.08. The number of diazo groups is 1. The van der Waals surface area contributed by atoms with Gasteiger partial charge in [0.1, 0.15) is 6.61 Å². The van der Waals surface area contributed by atoms with Crippen molar-refractivity contribution in [3.63, 3.8) is 0 Å². The first-order chi connectivity index (χ1) is 10.7. The van der Waals surface area contributed by atoms with Gasteiger partial charge >= 0.3 is 12.3 Å². The highest BCUT2D eigenvalue weighted by Gasteiger charge is 2.20. The molecule has 1 amide bonds. The largest absolute Gasteiger partial charge is 0.504 e. The third-order valence-corrected chi connectivity index (χ3v) is 3.00. The number of nitrogens with zero attached hydrogens (tertiary/aromatic N) is 2. The zero-order valence-corrected chi connectivity index (χ0v) is 12.3. The fraction of sp³-hybridized carbons (Fsp3) is 0.400. The van der Waals surface area contributed by atoms with E-state index in [-0.39, 0.29) is 12.4 Å². The van der Waals surface area contributed by atoms with Gasteiger partial charge in [0.05, 0.1) is 6.04 Å². The quantitative estimate of drug-likeness (QED) is 0.388. The molecule has 7 heteroatoms. The molecule has 0 fully saturated rings. The molecular formula is C15H21N4O3+. The Bertz CT molecular complexity index is 525. The number of rotatable bonds is 8. The van der Waals surface area contributed by atoms with Crippen molar-refractivity contribution in [1.29, 1.82) is 5.39 Å². The lowest BCUT2D eigenvalue weighted by Crippen LogP contribution is -2.36. The summed E-state index contributed by atoms with van der Waals surface area (Å²) in [6.45, 7) is 0.664. The third kappa shape index (κ3) is 6.72. The normalized spacial score (nSPS) is 12.3. The molecule has 1 rings (SSSR count). The van der Waals surface area contributed by atoms with Crippen LogP contribution in [0.1, 0.15) is 24.8 Å². The van der Waals surface area contributed by atoms with Gasteiger partial charge in [0.15, 0.2) is 4.98 Å². The van der Waals surface area contributed by atoms with Gasteiger partial charge in [-0.05, 0) is 31.4 Å². The highest BCUT2D eigenvalue weighted by molar-refractivity contribution is 5.68. The Kier molecular flexibility index (Phi) is 8.08. The molecule has 0 aliphatic carbocycles. The molecule has 118 valence electrons. The van der Waals surface area contributed by atoms with E-state index in [1.54, 1.807) is 0 Å². The SMILES string of the molecule is N#[N+]/C=C(\O)[C@H](CCCCN)NC(=O)OCc1ccccc1. The predicted molar refractivity (Wildman–Crippen MR) is 82.3 cm³/mol. The van der Waals surface area contributed by atoms with Crippen LogP contribution in [0.3, 0.4) is 0 Å². The number of benzene rings is 1. The molecule has 1 atom stereocenters. The molecule has 0 aromatic heterocycles. The molecular weight excluding hydrogens is 284 g/mol. The van der Waals surface area contributed by atoms with Gasteiger partial charge in [0.25, 0.3) is 0 Å². The second-order valence-corrected chi connectivity index (χ2v) is 4.71. The second kappa shape index (κ2) is 10.2. The maximum atomic E-state index is 11.8. The summed E-state index contributed by atoms with van der Waals surface area (Å²) in [5.74, 6) is -0.240. The van der Waals surface area contributed by atoms with Crippen LogP contribution in [0.5, 0.6) is 0 Å². The summed E-state index contributed by atoms with van der Waals surface area (Å²) in [7, 11) is 0. The van der Waals surface area contributed by atoms with Gasteiger partial charge in [-0.2, -0.15) is 0 Å². The monoisotopic (exact) mass is 305 g/mol. The highest BCUT2D eigenvalue weighted by Crippen LogP contribution is 2.09. The maximum Gasteiger partial charge on any atom is 0.408 e. The zero-order valence-electron chi connectivity index (χ0n) is 12.3. The summed E-state index contributed by atoms with van der Waals surface area (Å²) in [4.78, 5) is 14.5. The summed E-state index contributed by atoms with van der Waals surface area (Å²) in [5.41, 5.74) is 6.28. The van der Waals surface area contributed by atoms with E-state index in [1.807, 2.05) is 30.3 Å². The summed E-state index contributed by atoms with van der Waals surface area (Å²) in [6.07, 6.45) is 2.17. The molecule has 22 heavy (non-hydrogen) atoms. The lowest BCUT2D eigenvalue weighted by Gasteiger charge is -2.16. The molecule has 0 heterocycles.